The van der Waals surface area contributed by atoms with Crippen LogP contribution < -0.4 is 16.0 Å². The minimum Gasteiger partial charge on any atom is -0.369 e. The summed E-state index contributed by atoms with van der Waals surface area (Å²) < 4.78 is 0. The number of carbonyl (C=O) groups excluding carboxylic acids is 2. The van der Waals surface area contributed by atoms with E-state index in [4.69, 9.17) is 5.73 Å². The summed E-state index contributed by atoms with van der Waals surface area (Å²) in [5.74, 6) is -0.572. The van der Waals surface area contributed by atoms with Crippen molar-refractivity contribution in [3.63, 3.8) is 0 Å². The maximum absolute atomic E-state index is 12.1. The minimum atomic E-state index is -0.467. The number of amides is 2. The summed E-state index contributed by atoms with van der Waals surface area (Å²) in [6.45, 7) is 3.36. The molecule has 1 heterocycles. The topological polar surface area (TPSA) is 120 Å². The van der Waals surface area contributed by atoms with Gasteiger partial charge in [0.05, 0.1) is 18.0 Å². The van der Waals surface area contributed by atoms with Crippen LogP contribution in [-0.4, -0.2) is 36.4 Å². The van der Waals surface area contributed by atoms with Crippen molar-refractivity contribution in [2.45, 2.75) is 19.8 Å². The molecule has 4 N–H and O–H groups in total. The second-order valence-electron chi connectivity index (χ2n) is 5.91. The summed E-state index contributed by atoms with van der Waals surface area (Å²) in [7, 11) is 0. The number of nitrogens with two attached hydrogens (primary N) is 1. The number of hydrogen-bond acceptors (Lipinski definition) is 4. The van der Waals surface area contributed by atoms with E-state index in [1.165, 1.54) is 6.07 Å². The van der Waals surface area contributed by atoms with Crippen LogP contribution in [0, 0.1) is 23.0 Å². The van der Waals surface area contributed by atoms with E-state index < -0.39 is 4.92 Å². The second kappa shape index (κ2) is 7.19. The van der Waals surface area contributed by atoms with Crippen molar-refractivity contribution in [3.8, 4) is 0 Å². The molecule has 124 valence electrons. The molecular formula is C15H21N4O4+. The van der Waals surface area contributed by atoms with Crippen molar-refractivity contribution >= 4 is 23.2 Å². The number of hydrogen-bond donors (Lipinski definition) is 3. The number of nitro benzene ring substituents is 1. The lowest BCUT2D eigenvalue weighted by molar-refractivity contribution is -0.897. The number of rotatable bonds is 5. The number of nitrogens with one attached hydrogen (secondary N) is 2. The van der Waals surface area contributed by atoms with E-state index in [-0.39, 0.29) is 30.0 Å². The van der Waals surface area contributed by atoms with Gasteiger partial charge in [-0.2, -0.15) is 0 Å². The molecule has 8 heteroatoms. The lowest BCUT2D eigenvalue weighted by atomic mass is 9.96. The third-order valence-electron chi connectivity index (χ3n) is 4.20. The van der Waals surface area contributed by atoms with Gasteiger partial charge in [-0.1, -0.05) is 6.07 Å². The highest BCUT2D eigenvalue weighted by molar-refractivity contribution is 5.91. The van der Waals surface area contributed by atoms with Crippen LogP contribution in [0.25, 0.3) is 0 Å². The van der Waals surface area contributed by atoms with E-state index in [1.54, 1.807) is 19.1 Å². The minimum absolute atomic E-state index is 0.0163. The number of likely N-dealkylation sites (tertiary alicyclic amines) is 1. The van der Waals surface area contributed by atoms with Gasteiger partial charge in [-0.25, -0.2) is 0 Å². The molecule has 1 fully saturated rings. The van der Waals surface area contributed by atoms with Gasteiger partial charge in [-0.15, -0.1) is 0 Å². The summed E-state index contributed by atoms with van der Waals surface area (Å²) in [6, 6.07) is 4.62. The van der Waals surface area contributed by atoms with Crippen LogP contribution in [0.5, 0.6) is 0 Å². The predicted octanol–water partition coefficient (Wildman–Crippen LogP) is -0.378. The first kappa shape index (κ1) is 16.9. The van der Waals surface area contributed by atoms with Gasteiger partial charge in [0.15, 0.2) is 6.54 Å². The number of primary amides is 1. The number of quaternary nitrogens is 1. The predicted molar refractivity (Wildman–Crippen MR) is 83.9 cm³/mol. The molecule has 0 bridgehead atoms. The number of aryl methyl sites for hydroxylation is 1. The molecule has 0 atom stereocenters. The number of piperidine rings is 1. The molecule has 2 amide bonds. The van der Waals surface area contributed by atoms with Gasteiger partial charge in [-0.3, -0.25) is 19.7 Å². The molecular weight excluding hydrogens is 300 g/mol. The van der Waals surface area contributed by atoms with Crippen LogP contribution in [0.2, 0.25) is 0 Å². The van der Waals surface area contributed by atoms with Crippen molar-refractivity contribution in [1.82, 2.24) is 0 Å². The Labute approximate surface area is 133 Å². The largest absolute Gasteiger partial charge is 0.369 e. The first-order valence-corrected chi connectivity index (χ1v) is 7.54. The highest BCUT2D eigenvalue weighted by Crippen LogP contribution is 2.22. The fourth-order valence-electron chi connectivity index (χ4n) is 2.80. The van der Waals surface area contributed by atoms with E-state index in [0.29, 0.717) is 24.1 Å². The lowest BCUT2D eigenvalue weighted by Crippen LogP contribution is -3.14. The van der Waals surface area contributed by atoms with Crippen molar-refractivity contribution in [2.24, 2.45) is 11.7 Å². The molecule has 1 aliphatic heterocycles. The summed E-state index contributed by atoms with van der Waals surface area (Å²) in [4.78, 5) is 34.7. The lowest BCUT2D eigenvalue weighted by Gasteiger charge is -2.27. The summed E-state index contributed by atoms with van der Waals surface area (Å²) in [6.07, 6.45) is 1.38. The molecule has 1 aliphatic rings. The first-order valence-electron chi connectivity index (χ1n) is 7.54. The van der Waals surface area contributed by atoms with Crippen molar-refractivity contribution in [2.75, 3.05) is 25.0 Å². The van der Waals surface area contributed by atoms with Gasteiger partial charge in [0.2, 0.25) is 5.91 Å². The van der Waals surface area contributed by atoms with Crippen LogP contribution in [0.15, 0.2) is 18.2 Å². The Morgan fingerprint density at radius 3 is 2.61 bits per heavy atom. The number of anilines is 1. The number of nitrogens with zero attached hydrogens (tertiary/aromatic N) is 1. The molecule has 0 radical (unpaired) electrons. The molecule has 2 rings (SSSR count). The normalized spacial score (nSPS) is 20.7. The van der Waals surface area contributed by atoms with Crippen molar-refractivity contribution in [3.05, 3.63) is 33.9 Å². The van der Waals surface area contributed by atoms with Crippen LogP contribution in [0.1, 0.15) is 18.4 Å². The molecule has 1 aromatic carbocycles. The Balaban J connectivity index is 1.89. The zero-order valence-electron chi connectivity index (χ0n) is 13.0. The number of nitro groups is 1. The van der Waals surface area contributed by atoms with Crippen LogP contribution in [-0.2, 0) is 9.59 Å². The fourth-order valence-corrected chi connectivity index (χ4v) is 2.80. The Kier molecular flexibility index (Phi) is 5.28. The van der Waals surface area contributed by atoms with E-state index in [0.717, 1.165) is 18.0 Å². The zero-order valence-corrected chi connectivity index (χ0v) is 13.0. The maximum atomic E-state index is 12.1. The quantitative estimate of drug-likeness (QED) is 0.506. The molecule has 0 saturated carbocycles. The van der Waals surface area contributed by atoms with E-state index in [9.17, 15) is 19.7 Å². The summed E-state index contributed by atoms with van der Waals surface area (Å²) >= 11 is 0. The van der Waals surface area contributed by atoms with Gasteiger partial charge in [0.1, 0.15) is 0 Å². The van der Waals surface area contributed by atoms with Gasteiger partial charge >= 0.3 is 0 Å². The number of benzene rings is 1. The van der Waals surface area contributed by atoms with Crippen molar-refractivity contribution in [1.29, 1.82) is 0 Å². The van der Waals surface area contributed by atoms with Crippen molar-refractivity contribution < 1.29 is 19.4 Å². The smallest absolute Gasteiger partial charge is 0.279 e. The second-order valence-corrected chi connectivity index (χ2v) is 5.91. The average molecular weight is 321 g/mol. The summed E-state index contributed by atoms with van der Waals surface area (Å²) in [5.41, 5.74) is 6.23. The molecule has 1 aromatic rings. The van der Waals surface area contributed by atoms with E-state index in [2.05, 4.69) is 5.32 Å². The Morgan fingerprint density at radius 1 is 1.39 bits per heavy atom. The third-order valence-corrected chi connectivity index (χ3v) is 4.20. The van der Waals surface area contributed by atoms with Gasteiger partial charge in [0.25, 0.3) is 11.6 Å². The van der Waals surface area contributed by atoms with E-state index >= 15 is 0 Å². The zero-order chi connectivity index (χ0) is 17.0. The fraction of sp³-hybridized carbons (Fsp3) is 0.467. The Hall–Kier alpha value is -2.48. The highest BCUT2D eigenvalue weighted by Gasteiger charge is 2.27. The molecule has 0 spiro atoms. The SMILES string of the molecule is Cc1ccc(NC(=O)C[NH+]2CCC(C(N)=O)CC2)cc1[N+](=O)[O-]. The Bertz CT molecular complexity index is 624. The maximum Gasteiger partial charge on any atom is 0.279 e. The van der Waals surface area contributed by atoms with E-state index in [1.807, 2.05) is 0 Å². The molecule has 0 aliphatic carbocycles. The average Bonchev–Trinajstić information content (AvgIpc) is 2.49. The van der Waals surface area contributed by atoms with Crippen LogP contribution in [0.3, 0.4) is 0 Å². The van der Waals surface area contributed by atoms with Crippen LogP contribution in [0.4, 0.5) is 11.4 Å². The highest BCUT2D eigenvalue weighted by atomic mass is 16.6. The first-order chi connectivity index (χ1) is 10.9. The summed E-state index contributed by atoms with van der Waals surface area (Å²) in [5, 5.41) is 13.6. The monoisotopic (exact) mass is 321 g/mol. The molecule has 8 nitrogen and oxygen atoms in total. The standard InChI is InChI=1S/C15H20N4O4/c1-10-2-3-12(8-13(10)19(22)23)17-14(20)9-18-6-4-11(5-7-18)15(16)21/h2-3,8,11H,4-7,9H2,1H3,(H2,16,21)(H,17,20)/p+1. The molecule has 23 heavy (non-hydrogen) atoms. The third kappa shape index (κ3) is 4.49. The molecule has 1 saturated heterocycles. The van der Waals surface area contributed by atoms with Gasteiger partial charge in [-0.05, 0) is 13.0 Å². The Morgan fingerprint density at radius 2 is 2.04 bits per heavy atom. The van der Waals surface area contributed by atoms with Crippen LogP contribution >= 0.6 is 0 Å². The number of carbonyl (C=O) groups is 2. The van der Waals surface area contributed by atoms with Gasteiger partial charge in [0, 0.05) is 36.1 Å². The molecule has 0 unspecified atom stereocenters. The van der Waals surface area contributed by atoms with Gasteiger partial charge < -0.3 is 16.0 Å². The molecule has 0 aromatic heterocycles.